The Labute approximate surface area is 162 Å². The van der Waals surface area contributed by atoms with Crippen LogP contribution in [0.4, 0.5) is 0 Å². The van der Waals surface area contributed by atoms with Gasteiger partial charge in [0.2, 0.25) is 0 Å². The minimum atomic E-state index is 0. The van der Waals surface area contributed by atoms with Crippen molar-refractivity contribution >= 4 is 27.5 Å². The van der Waals surface area contributed by atoms with Crippen molar-refractivity contribution in [3.8, 4) is 5.75 Å². The third-order valence-electron chi connectivity index (χ3n) is 3.45. The molecule has 0 spiro atoms. The molecule has 0 saturated heterocycles. The fraction of sp³-hybridized carbons (Fsp3) is 0.412. The summed E-state index contributed by atoms with van der Waals surface area (Å²) in [4.78, 5) is 0. The van der Waals surface area contributed by atoms with Gasteiger partial charge in [-0.25, -0.2) is 0 Å². The van der Waals surface area contributed by atoms with E-state index in [0.717, 1.165) is 58.2 Å². The second kappa shape index (κ2) is 9.72. The van der Waals surface area contributed by atoms with Gasteiger partial charge in [-0.05, 0) is 65.2 Å². The Balaban J connectivity index is 0.00000264. The van der Waals surface area contributed by atoms with E-state index in [0.29, 0.717) is 0 Å². The van der Waals surface area contributed by atoms with Gasteiger partial charge in [0.25, 0.3) is 0 Å². The molecule has 0 aliphatic rings. The lowest BCUT2D eigenvalue weighted by atomic mass is 10.2. The van der Waals surface area contributed by atoms with E-state index in [1.54, 1.807) is 0 Å². The van der Waals surface area contributed by atoms with Crippen LogP contribution in [-0.4, -0.2) is 31.7 Å². The summed E-state index contributed by atoms with van der Waals surface area (Å²) in [6, 6.07) is 11.5. The normalized spacial score (nSPS) is 11.1. The van der Waals surface area contributed by atoms with Crippen LogP contribution in [-0.2, 0) is 6.54 Å². The number of halogens is 3. The van der Waals surface area contributed by atoms with Gasteiger partial charge < -0.3 is 30.6 Å². The lowest BCUT2D eigenvalue weighted by molar-refractivity contribution is -0.904. The van der Waals surface area contributed by atoms with Gasteiger partial charge in [0.15, 0.2) is 10.4 Å². The molecule has 2 rings (SSSR count). The number of benzene rings is 1. The number of nitrogens with zero attached hydrogens (tertiary/aromatic N) is 1. The van der Waals surface area contributed by atoms with Crippen LogP contribution in [0, 0.1) is 0 Å². The molecular weight excluding hydrogens is 445 g/mol. The summed E-state index contributed by atoms with van der Waals surface area (Å²) in [5.74, 6) is 1.88. The fourth-order valence-electron chi connectivity index (χ4n) is 2.30. The summed E-state index contributed by atoms with van der Waals surface area (Å²) in [5, 5.41) is 0.732. The van der Waals surface area contributed by atoms with Gasteiger partial charge in [-0.1, -0.05) is 11.6 Å². The number of rotatable bonds is 8. The number of quaternary nitrogens is 1. The van der Waals surface area contributed by atoms with E-state index in [2.05, 4.69) is 30.0 Å². The van der Waals surface area contributed by atoms with Crippen LogP contribution in [0.3, 0.4) is 0 Å². The third-order valence-corrected chi connectivity index (χ3v) is 4.13. The van der Waals surface area contributed by atoms with Gasteiger partial charge in [-0.3, -0.25) is 0 Å². The number of furan rings is 1. The molecule has 0 saturated carbocycles. The monoisotopic (exact) mass is 465 g/mol. The number of unbranched alkanes of at least 4 members (excludes halogenated alkanes) is 1. The van der Waals surface area contributed by atoms with E-state index < -0.39 is 0 Å². The molecule has 3 nitrogen and oxygen atoms in total. The minimum Gasteiger partial charge on any atom is -1.00 e. The first kappa shape index (κ1) is 20.6. The van der Waals surface area contributed by atoms with Crippen LogP contribution in [0.2, 0.25) is 5.02 Å². The summed E-state index contributed by atoms with van der Waals surface area (Å²) in [6.45, 7) is 2.71. The van der Waals surface area contributed by atoms with Crippen molar-refractivity contribution in [2.45, 2.75) is 19.4 Å². The summed E-state index contributed by atoms with van der Waals surface area (Å²) in [7, 11) is 4.44. The second-order valence-electron chi connectivity index (χ2n) is 6.03. The number of hydrogen-bond donors (Lipinski definition) is 0. The van der Waals surface area contributed by atoms with Gasteiger partial charge in [0.1, 0.15) is 12.3 Å². The Bertz CT molecular complexity index is 585. The van der Waals surface area contributed by atoms with Crippen LogP contribution in [0.15, 0.2) is 45.5 Å². The number of ether oxygens (including phenoxy) is 1. The molecule has 1 heterocycles. The van der Waals surface area contributed by atoms with Crippen molar-refractivity contribution in [1.29, 1.82) is 0 Å². The zero-order valence-corrected chi connectivity index (χ0v) is 17.3. The molecule has 128 valence electrons. The van der Waals surface area contributed by atoms with E-state index in [1.807, 2.05) is 36.4 Å². The third kappa shape index (κ3) is 7.75. The molecule has 0 amide bonds. The lowest BCUT2D eigenvalue weighted by Crippen LogP contribution is -3.00. The van der Waals surface area contributed by atoms with Crippen molar-refractivity contribution < 1.29 is 30.6 Å². The first-order chi connectivity index (χ1) is 10.4. The van der Waals surface area contributed by atoms with Crippen molar-refractivity contribution in [3.63, 3.8) is 0 Å². The molecule has 0 aliphatic heterocycles. The number of hydrogen-bond acceptors (Lipinski definition) is 2. The molecule has 1 aromatic heterocycles. The topological polar surface area (TPSA) is 22.4 Å². The fourth-order valence-corrected chi connectivity index (χ4v) is 2.77. The molecule has 0 aliphatic carbocycles. The lowest BCUT2D eigenvalue weighted by Gasteiger charge is -2.28. The predicted molar refractivity (Wildman–Crippen MR) is 93.3 cm³/mol. The van der Waals surface area contributed by atoms with E-state index in [-0.39, 0.29) is 17.0 Å². The Morgan fingerprint density at radius 1 is 1.09 bits per heavy atom. The van der Waals surface area contributed by atoms with Crippen molar-refractivity contribution in [3.05, 3.63) is 51.9 Å². The van der Waals surface area contributed by atoms with Gasteiger partial charge in [0.05, 0.1) is 27.2 Å². The van der Waals surface area contributed by atoms with Crippen molar-refractivity contribution in [2.24, 2.45) is 0 Å². The summed E-state index contributed by atoms with van der Waals surface area (Å²) in [5.41, 5.74) is 0. The molecule has 0 atom stereocenters. The molecular formula is C17H22Br2ClNO2. The summed E-state index contributed by atoms with van der Waals surface area (Å²) >= 11 is 9.19. The van der Waals surface area contributed by atoms with Crippen molar-refractivity contribution in [2.75, 3.05) is 27.2 Å². The molecule has 0 fully saturated rings. The van der Waals surface area contributed by atoms with E-state index in [4.69, 9.17) is 20.8 Å². The van der Waals surface area contributed by atoms with Crippen LogP contribution < -0.4 is 21.7 Å². The predicted octanol–water partition coefficient (Wildman–Crippen LogP) is 2.14. The molecule has 2 aromatic rings. The maximum atomic E-state index is 5.85. The average molecular weight is 468 g/mol. The zero-order chi connectivity index (χ0) is 16.0. The second-order valence-corrected chi connectivity index (χ2v) is 7.25. The van der Waals surface area contributed by atoms with Gasteiger partial charge in [0, 0.05) is 5.02 Å². The van der Waals surface area contributed by atoms with Gasteiger partial charge in [-0.15, -0.1) is 0 Å². The highest BCUT2D eigenvalue weighted by atomic mass is 79.9. The Morgan fingerprint density at radius 3 is 2.39 bits per heavy atom. The van der Waals surface area contributed by atoms with Crippen LogP contribution in [0.25, 0.3) is 0 Å². The molecule has 6 heteroatoms. The average Bonchev–Trinajstić information content (AvgIpc) is 2.85. The molecule has 0 N–H and O–H groups in total. The first-order valence-electron chi connectivity index (χ1n) is 7.39. The Kier molecular flexibility index (Phi) is 8.69. The van der Waals surface area contributed by atoms with E-state index >= 15 is 0 Å². The molecule has 0 bridgehead atoms. The highest BCUT2D eigenvalue weighted by Crippen LogP contribution is 2.18. The Hall–Kier alpha value is -0.490. The standard InChI is InChI=1S/C17H22BrClNO2.BrH/c1-20(2,13-16-9-10-17(18)22-16)11-3-4-12-21-15-7-5-14(19)6-8-15;/h5-10H,3-4,11-13H2,1-2H3;1H/q+1;/p-1. The SMILES string of the molecule is C[N+](C)(CCCCOc1ccc(Cl)cc1)Cc1ccc(Br)o1.[Br-]. The van der Waals surface area contributed by atoms with E-state index in [9.17, 15) is 0 Å². The molecule has 0 unspecified atom stereocenters. The van der Waals surface area contributed by atoms with Gasteiger partial charge >= 0.3 is 0 Å². The smallest absolute Gasteiger partial charge is 0.169 e. The molecule has 0 radical (unpaired) electrons. The summed E-state index contributed by atoms with van der Waals surface area (Å²) in [6.07, 6.45) is 2.15. The first-order valence-corrected chi connectivity index (χ1v) is 8.56. The van der Waals surface area contributed by atoms with Gasteiger partial charge in [-0.2, -0.15) is 0 Å². The zero-order valence-electron chi connectivity index (χ0n) is 13.4. The van der Waals surface area contributed by atoms with Crippen LogP contribution >= 0.6 is 27.5 Å². The maximum absolute atomic E-state index is 5.85. The van der Waals surface area contributed by atoms with E-state index in [1.165, 1.54) is 0 Å². The van der Waals surface area contributed by atoms with Crippen LogP contribution in [0.5, 0.6) is 5.75 Å². The quantitative estimate of drug-likeness (QED) is 0.439. The largest absolute Gasteiger partial charge is 1.00 e. The highest BCUT2D eigenvalue weighted by molar-refractivity contribution is 9.10. The highest BCUT2D eigenvalue weighted by Gasteiger charge is 2.17. The maximum Gasteiger partial charge on any atom is 0.169 e. The van der Waals surface area contributed by atoms with Crippen molar-refractivity contribution in [1.82, 2.24) is 0 Å². The van der Waals surface area contributed by atoms with Crippen LogP contribution in [0.1, 0.15) is 18.6 Å². The summed E-state index contributed by atoms with van der Waals surface area (Å²) < 4.78 is 13.0. The minimum absolute atomic E-state index is 0. The molecule has 1 aromatic carbocycles. The molecule has 23 heavy (non-hydrogen) atoms. The Morgan fingerprint density at radius 2 is 1.78 bits per heavy atom.